The largest absolute Gasteiger partial charge is 0.377 e. The fourth-order valence-electron chi connectivity index (χ4n) is 16.4. The number of nitrogens with zero attached hydrogens (tertiary/aromatic N) is 9. The van der Waals surface area contributed by atoms with Crippen molar-refractivity contribution in [1.82, 2.24) is 60.0 Å². The molecule has 3 N–H and O–H groups in total. The van der Waals surface area contributed by atoms with Gasteiger partial charge in [0.15, 0.2) is 0 Å². The molecule has 5 saturated carbocycles. The molecule has 2 bridgehead atoms. The van der Waals surface area contributed by atoms with E-state index in [-0.39, 0.29) is 112 Å². The Bertz CT molecular complexity index is 3020. The first-order chi connectivity index (χ1) is 47.9. The van der Waals surface area contributed by atoms with Crippen molar-refractivity contribution in [3.8, 4) is 0 Å². The molecule has 2 saturated heterocycles. The summed E-state index contributed by atoms with van der Waals surface area (Å²) >= 11 is 13.3. The zero-order valence-electron chi connectivity index (χ0n) is 61.6. The standard InChI is InChI=1S/C73H115Cl2FN12O13/c1-12-44(3)62-70(98)82(7)43-61(91)83(8)54-22-15-14-18-35-87(69(54)97)58(38-47-25-29-49(76)30-26-47)68(96)81(6)42-59(89)77-53(32-28-45-27-31-51(74)52(75)36-45)66(94)88-41-50(101-13-2)39-56(88)65(93)79-73(33-19-34-73)72(100)86(11)63(48-20-16-17-21-48)71(99)85(10)57(67(95)80(4)5)40-60(90)84(9)55(64(92)78-62)37-46-23-24-46/h14-15,44-58,62-63H,12-13,16-43H2,1-11H3,(H,77,89)(H,78,92)(H,79,93)/b15-14-/t44-,45?,47?,49?,50+,51?,52?,53-,54-,55-,56-,57-,58-,62-,63-/m0/s1. The first kappa shape index (κ1) is 80.5. The van der Waals surface area contributed by atoms with E-state index in [1.807, 2.05) is 13.0 Å². The summed E-state index contributed by atoms with van der Waals surface area (Å²) in [4.78, 5) is 193. The lowest BCUT2D eigenvalue weighted by atomic mass is 9.74. The Hall–Kier alpha value is -6.15. The highest BCUT2D eigenvalue weighted by Crippen LogP contribution is 2.41. The van der Waals surface area contributed by atoms with Crippen molar-refractivity contribution in [2.45, 2.75) is 258 Å². The molecule has 25 nitrogen and oxygen atoms in total. The predicted molar refractivity (Wildman–Crippen MR) is 379 cm³/mol. The molecular formula is C73H115Cl2FN12O13. The van der Waals surface area contributed by atoms with Gasteiger partial charge >= 0.3 is 0 Å². The number of carbonyl (C=O) groups excluding carboxylic acids is 12. The second-order valence-electron chi connectivity index (χ2n) is 30.8. The molecule has 566 valence electrons. The third kappa shape index (κ3) is 19.8. The van der Waals surface area contributed by atoms with Crippen LogP contribution in [0.5, 0.6) is 0 Å². The van der Waals surface area contributed by atoms with E-state index in [1.165, 1.54) is 100 Å². The molecule has 3 heterocycles. The summed E-state index contributed by atoms with van der Waals surface area (Å²) in [5, 5.41) is 8.41. The smallest absolute Gasteiger partial charge is 0.248 e. The molecule has 1 spiro atoms. The maximum absolute atomic E-state index is 15.6. The molecule has 7 fully saturated rings. The van der Waals surface area contributed by atoms with Crippen molar-refractivity contribution in [3.05, 3.63) is 12.2 Å². The van der Waals surface area contributed by atoms with E-state index in [0.717, 1.165) is 25.7 Å². The van der Waals surface area contributed by atoms with Crippen LogP contribution < -0.4 is 16.0 Å². The molecule has 3 unspecified atom stereocenters. The number of likely N-dealkylation sites (N-methyl/N-ethyl adjacent to an activating group) is 7. The Morgan fingerprint density at radius 3 is 1.88 bits per heavy atom. The van der Waals surface area contributed by atoms with Gasteiger partial charge in [-0.1, -0.05) is 58.1 Å². The van der Waals surface area contributed by atoms with Crippen molar-refractivity contribution >= 4 is 94.1 Å². The second-order valence-corrected chi connectivity index (χ2v) is 32.0. The van der Waals surface area contributed by atoms with Gasteiger partial charge in [0.2, 0.25) is 70.9 Å². The molecule has 28 heteroatoms. The molecule has 0 aromatic rings. The van der Waals surface area contributed by atoms with E-state index in [1.54, 1.807) is 19.9 Å². The van der Waals surface area contributed by atoms with Crippen LogP contribution >= 0.6 is 23.2 Å². The molecule has 12 amide bonds. The van der Waals surface area contributed by atoms with Crippen molar-refractivity contribution in [1.29, 1.82) is 0 Å². The zero-order chi connectivity index (χ0) is 73.9. The molecule has 13 atom stereocenters. The Kier molecular flexibility index (Phi) is 28.7. The van der Waals surface area contributed by atoms with Gasteiger partial charge < -0.3 is 64.8 Å². The minimum atomic E-state index is -1.52. The van der Waals surface area contributed by atoms with E-state index >= 15 is 28.8 Å². The summed E-state index contributed by atoms with van der Waals surface area (Å²) in [5.74, 6) is -8.25. The molecule has 5 aliphatic carbocycles. The normalized spacial score (nSPS) is 33.0. The van der Waals surface area contributed by atoms with E-state index in [4.69, 9.17) is 27.9 Å². The summed E-state index contributed by atoms with van der Waals surface area (Å²) in [5.41, 5.74) is -1.52. The monoisotopic (exact) mass is 1460 g/mol. The molecule has 101 heavy (non-hydrogen) atoms. The van der Waals surface area contributed by atoms with Crippen molar-refractivity contribution in [3.63, 3.8) is 0 Å². The van der Waals surface area contributed by atoms with Gasteiger partial charge in [0.1, 0.15) is 60.0 Å². The van der Waals surface area contributed by atoms with Crippen LogP contribution in [-0.2, 0) is 62.3 Å². The van der Waals surface area contributed by atoms with Gasteiger partial charge in [0.25, 0.3) is 0 Å². The molecule has 0 aromatic carbocycles. The zero-order valence-corrected chi connectivity index (χ0v) is 63.2. The average molecular weight is 1460 g/mol. The number of carbonyl (C=O) groups is 12. The minimum absolute atomic E-state index is 0.0260. The van der Waals surface area contributed by atoms with Crippen LogP contribution in [0.25, 0.3) is 0 Å². The topological polar surface area (TPSA) is 279 Å². The lowest BCUT2D eigenvalue weighted by molar-refractivity contribution is -0.158. The van der Waals surface area contributed by atoms with Crippen LogP contribution in [0.3, 0.4) is 0 Å². The predicted octanol–water partition coefficient (Wildman–Crippen LogP) is 5.01. The summed E-state index contributed by atoms with van der Waals surface area (Å²) < 4.78 is 20.9. The molecule has 0 radical (unpaired) electrons. The third-order valence-electron chi connectivity index (χ3n) is 23.5. The SMILES string of the molecule is CCO[C@@H]1C[C@H]2C(=O)NC3(CCC3)C(=O)N(C)[C@@H](C3CCCC3)C(=O)N(C)[C@H](C(=O)N(C)C)CC(=O)N(C)[C@@H](CC3CC3)C(=O)N[C@@H]([C@@H](C)CC)C(=O)N(C)CC(=O)N(C)[C@H]3C/C=C\CCN(C3=O)[C@@H](CC3CCC(F)CC3)C(=O)N(C)CC(=O)N[C@@H](CCC3CCC(Cl)C(Cl)C3)C(=O)N2C1. The van der Waals surface area contributed by atoms with E-state index < -0.39 is 162 Å². The van der Waals surface area contributed by atoms with Gasteiger partial charge in [-0.2, -0.15) is 0 Å². The number of hydrogen-bond donors (Lipinski definition) is 3. The summed E-state index contributed by atoms with van der Waals surface area (Å²) in [7, 11) is 11.7. The number of nitrogens with one attached hydrogen (secondary N) is 3. The number of hydrogen-bond acceptors (Lipinski definition) is 13. The van der Waals surface area contributed by atoms with Crippen LogP contribution in [0.4, 0.5) is 4.39 Å². The third-order valence-corrected chi connectivity index (χ3v) is 24.6. The van der Waals surface area contributed by atoms with Gasteiger partial charge in [-0.15, -0.1) is 23.2 Å². The van der Waals surface area contributed by atoms with Gasteiger partial charge in [-0.25, -0.2) is 4.39 Å². The minimum Gasteiger partial charge on any atom is -0.377 e. The van der Waals surface area contributed by atoms with Crippen LogP contribution in [0, 0.1) is 29.6 Å². The number of amides is 12. The van der Waals surface area contributed by atoms with Crippen LogP contribution in [-0.4, -0.2) is 281 Å². The highest BCUT2D eigenvalue weighted by atomic mass is 35.5. The molecule has 8 rings (SSSR count). The van der Waals surface area contributed by atoms with E-state index in [2.05, 4.69) is 16.0 Å². The molecule has 3 aliphatic heterocycles. The van der Waals surface area contributed by atoms with Gasteiger partial charge in [-0.05, 0) is 152 Å². The summed E-state index contributed by atoms with van der Waals surface area (Å²) in [6, 6.07) is -9.65. The lowest BCUT2D eigenvalue weighted by Gasteiger charge is -2.46. The van der Waals surface area contributed by atoms with Crippen molar-refractivity contribution in [2.24, 2.45) is 29.6 Å². The van der Waals surface area contributed by atoms with Crippen molar-refractivity contribution in [2.75, 3.05) is 89.2 Å². The summed E-state index contributed by atoms with van der Waals surface area (Å²) in [6.07, 6.45) is 11.8. The highest BCUT2D eigenvalue weighted by molar-refractivity contribution is 6.30. The summed E-state index contributed by atoms with van der Waals surface area (Å²) in [6.45, 7) is 4.61. The maximum Gasteiger partial charge on any atom is 0.248 e. The van der Waals surface area contributed by atoms with Crippen LogP contribution in [0.2, 0.25) is 0 Å². The maximum atomic E-state index is 15.6. The Morgan fingerprint density at radius 2 is 1.28 bits per heavy atom. The molecule has 8 aliphatic rings. The first-order valence-corrected chi connectivity index (χ1v) is 38.2. The highest BCUT2D eigenvalue weighted by Gasteiger charge is 2.54. The Balaban J connectivity index is 1.18. The Morgan fingerprint density at radius 1 is 0.644 bits per heavy atom. The van der Waals surface area contributed by atoms with Crippen LogP contribution in [0.15, 0.2) is 12.2 Å². The quantitative estimate of drug-likeness (QED) is 0.162. The Labute approximate surface area is 607 Å². The molecular weight excluding hydrogens is 1340 g/mol. The fourth-order valence-corrected chi connectivity index (χ4v) is 17.0. The second kappa shape index (κ2) is 36.0. The van der Waals surface area contributed by atoms with Gasteiger partial charge in [0, 0.05) is 87.9 Å². The van der Waals surface area contributed by atoms with Gasteiger partial charge in [0.05, 0.1) is 31.0 Å². The first-order valence-electron chi connectivity index (χ1n) is 37.4. The van der Waals surface area contributed by atoms with Crippen LogP contribution in [0.1, 0.15) is 181 Å². The number of rotatable bonds is 13. The number of fused-ring (bicyclic) bond motifs is 3. The van der Waals surface area contributed by atoms with E-state index in [9.17, 15) is 33.2 Å². The fraction of sp³-hybridized carbons (Fsp3) is 0.808. The molecule has 0 aromatic heterocycles. The number of ether oxygens (including phenoxy) is 1. The van der Waals surface area contributed by atoms with Crippen molar-refractivity contribution < 1.29 is 66.7 Å². The number of alkyl halides is 3. The average Bonchev–Trinajstić information content (AvgIpc) is 1.71. The van der Waals surface area contributed by atoms with Gasteiger partial charge in [-0.3, -0.25) is 57.5 Å². The number of halogens is 3. The van der Waals surface area contributed by atoms with E-state index in [0.29, 0.717) is 70.6 Å². The lowest BCUT2D eigenvalue weighted by Crippen LogP contribution is -2.68.